The summed E-state index contributed by atoms with van der Waals surface area (Å²) in [5.74, 6) is -0.921. The van der Waals surface area contributed by atoms with Crippen LogP contribution in [0.15, 0.2) is 30.5 Å². The minimum Gasteiger partial charge on any atom is -0.630 e. The Kier molecular flexibility index (Phi) is 3.50. The lowest BCUT2D eigenvalue weighted by atomic mass is 10.2. The highest BCUT2D eigenvalue weighted by atomic mass is 19.1. The van der Waals surface area contributed by atoms with Gasteiger partial charge in [0.2, 0.25) is 0 Å². The predicted octanol–water partition coefficient (Wildman–Crippen LogP) is 2.10. The van der Waals surface area contributed by atoms with Crippen LogP contribution in [0.4, 0.5) is 26.0 Å². The Morgan fingerprint density at radius 1 is 1.22 bits per heavy atom. The first-order chi connectivity index (χ1) is 8.60. The van der Waals surface area contributed by atoms with E-state index < -0.39 is 11.6 Å². The van der Waals surface area contributed by atoms with Crippen molar-refractivity contribution in [1.29, 1.82) is 0 Å². The van der Waals surface area contributed by atoms with E-state index in [1.807, 2.05) is 0 Å². The molecule has 1 heterocycles. The molecule has 0 fully saturated rings. The molecule has 0 saturated carbocycles. The highest BCUT2D eigenvalue weighted by Gasteiger charge is 2.07. The van der Waals surface area contributed by atoms with Crippen LogP contribution in [0.5, 0.6) is 0 Å². The van der Waals surface area contributed by atoms with Crippen molar-refractivity contribution in [2.24, 2.45) is 0 Å². The van der Waals surface area contributed by atoms with Gasteiger partial charge in [0.1, 0.15) is 23.1 Å². The molecule has 4 nitrogen and oxygen atoms in total. The van der Waals surface area contributed by atoms with Gasteiger partial charge in [-0.1, -0.05) is 0 Å². The number of aromatic nitrogens is 1. The maximum atomic E-state index is 13.3. The Labute approximate surface area is 102 Å². The van der Waals surface area contributed by atoms with Gasteiger partial charge in [-0.25, -0.2) is 13.8 Å². The molecular weight excluding hydrogens is 240 g/mol. The van der Waals surface area contributed by atoms with Crippen LogP contribution in [0, 0.1) is 23.8 Å². The molecular formula is C12H11F2N3O. The van der Waals surface area contributed by atoms with Crippen LogP contribution >= 0.6 is 0 Å². The average molecular weight is 251 g/mol. The van der Waals surface area contributed by atoms with Crippen molar-refractivity contribution in [3.63, 3.8) is 0 Å². The molecule has 0 unspecified atom stereocenters. The summed E-state index contributed by atoms with van der Waals surface area (Å²) in [4.78, 5) is 3.95. The van der Waals surface area contributed by atoms with Gasteiger partial charge >= 0.3 is 0 Å². The lowest BCUT2D eigenvalue weighted by Gasteiger charge is -2.08. The van der Waals surface area contributed by atoms with Gasteiger partial charge < -0.3 is 16.0 Å². The maximum Gasteiger partial charge on any atom is 0.136 e. The third-order valence-corrected chi connectivity index (χ3v) is 2.47. The van der Waals surface area contributed by atoms with Crippen molar-refractivity contribution < 1.29 is 14.3 Å². The Bertz CT molecular complexity index is 552. The van der Waals surface area contributed by atoms with Crippen LogP contribution in [0.2, 0.25) is 0 Å². The molecule has 0 aliphatic heterocycles. The normalized spacial score (nSPS) is 10.4. The van der Waals surface area contributed by atoms with Crippen molar-refractivity contribution >= 4 is 17.2 Å². The summed E-state index contributed by atoms with van der Waals surface area (Å²) in [6.45, 7) is 1.36. The van der Waals surface area contributed by atoms with E-state index in [0.29, 0.717) is 17.0 Å². The lowest BCUT2D eigenvalue weighted by molar-refractivity contribution is -0.497. The fraction of sp³-hybridized carbons (Fsp3) is 0.0833. The molecule has 0 amide bonds. The first-order valence-corrected chi connectivity index (χ1v) is 5.24. The lowest BCUT2D eigenvalue weighted by Crippen LogP contribution is -2.70. The second-order valence-electron chi connectivity index (χ2n) is 3.78. The molecule has 1 aromatic heterocycles. The molecule has 2 aromatic rings. The third kappa shape index (κ3) is 2.61. The first-order valence-electron chi connectivity index (χ1n) is 5.24. The number of pyridine rings is 1. The molecule has 0 bridgehead atoms. The van der Waals surface area contributed by atoms with Crippen molar-refractivity contribution in [2.75, 3.05) is 5.32 Å². The van der Waals surface area contributed by atoms with E-state index in [1.54, 1.807) is 0 Å². The highest BCUT2D eigenvalue weighted by molar-refractivity contribution is 5.58. The molecule has 3 N–H and O–H groups in total. The highest BCUT2D eigenvalue weighted by Crippen LogP contribution is 2.21. The number of hydrogen-bond acceptors (Lipinski definition) is 3. The Morgan fingerprint density at radius 2 is 1.89 bits per heavy atom. The van der Waals surface area contributed by atoms with Gasteiger partial charge in [-0.05, 0) is 19.1 Å². The molecule has 94 valence electrons. The number of quaternary nitrogens is 1. The fourth-order valence-electron chi connectivity index (χ4n) is 1.45. The molecule has 0 saturated heterocycles. The number of nitrogens with two attached hydrogens (primary N) is 1. The van der Waals surface area contributed by atoms with Gasteiger partial charge in [-0.15, -0.1) is 0 Å². The van der Waals surface area contributed by atoms with E-state index in [0.717, 1.165) is 0 Å². The van der Waals surface area contributed by atoms with Crippen LogP contribution < -0.4 is 10.8 Å². The molecule has 18 heavy (non-hydrogen) atoms. The maximum absolute atomic E-state index is 13.3. The van der Waals surface area contributed by atoms with Crippen LogP contribution in [0.25, 0.3) is 0 Å². The minimum absolute atomic E-state index is 0.0323. The SMILES string of the molecule is Cc1c(F)cc(Nc2cc([NH2+][O-])ccn2)cc1F. The van der Waals surface area contributed by atoms with Crippen LogP contribution in [0.3, 0.4) is 0 Å². The minimum atomic E-state index is -0.635. The second-order valence-corrected chi connectivity index (χ2v) is 3.78. The number of nitrogens with one attached hydrogen (secondary N) is 1. The van der Waals surface area contributed by atoms with Crippen LogP contribution in [-0.2, 0) is 0 Å². The quantitative estimate of drug-likeness (QED) is 0.821. The van der Waals surface area contributed by atoms with E-state index in [4.69, 9.17) is 0 Å². The van der Waals surface area contributed by atoms with E-state index in [2.05, 4.69) is 10.3 Å². The van der Waals surface area contributed by atoms with E-state index in [9.17, 15) is 14.0 Å². The zero-order chi connectivity index (χ0) is 13.1. The van der Waals surface area contributed by atoms with Gasteiger partial charge in [0, 0.05) is 29.6 Å². The Balaban J connectivity index is 2.28. The van der Waals surface area contributed by atoms with Gasteiger partial charge in [0.05, 0.1) is 0 Å². The fourth-order valence-corrected chi connectivity index (χ4v) is 1.45. The zero-order valence-electron chi connectivity index (χ0n) is 9.58. The number of nitrogens with zero attached hydrogens (tertiary/aromatic N) is 1. The summed E-state index contributed by atoms with van der Waals surface area (Å²) < 4.78 is 26.7. The molecule has 6 heteroatoms. The summed E-state index contributed by atoms with van der Waals surface area (Å²) in [6, 6.07) is 5.37. The Morgan fingerprint density at radius 3 is 2.50 bits per heavy atom. The van der Waals surface area contributed by atoms with Gasteiger partial charge in [-0.2, -0.15) is 0 Å². The van der Waals surface area contributed by atoms with Gasteiger partial charge in [-0.3, -0.25) is 0 Å². The van der Waals surface area contributed by atoms with Crippen molar-refractivity contribution in [1.82, 2.24) is 4.98 Å². The smallest absolute Gasteiger partial charge is 0.136 e. The number of hydrogen-bond donors (Lipinski definition) is 2. The summed E-state index contributed by atoms with van der Waals surface area (Å²) in [5.41, 5.74) is 1.31. The molecule has 0 aliphatic carbocycles. The van der Waals surface area contributed by atoms with Crippen molar-refractivity contribution in [3.05, 3.63) is 52.9 Å². The number of benzene rings is 1. The zero-order valence-corrected chi connectivity index (χ0v) is 9.58. The third-order valence-electron chi connectivity index (χ3n) is 2.47. The largest absolute Gasteiger partial charge is 0.630 e. The van der Waals surface area contributed by atoms with E-state index >= 15 is 0 Å². The summed E-state index contributed by atoms with van der Waals surface area (Å²) in [6.07, 6.45) is 1.44. The molecule has 0 spiro atoms. The molecule has 1 aromatic carbocycles. The van der Waals surface area contributed by atoms with Crippen molar-refractivity contribution in [3.8, 4) is 0 Å². The van der Waals surface area contributed by atoms with Crippen LogP contribution in [0.1, 0.15) is 5.56 Å². The number of halogens is 2. The monoisotopic (exact) mass is 251 g/mol. The molecule has 0 aliphatic rings. The van der Waals surface area contributed by atoms with E-state index in [1.165, 1.54) is 37.4 Å². The molecule has 0 radical (unpaired) electrons. The number of anilines is 2. The average Bonchev–Trinajstić information content (AvgIpc) is 2.36. The van der Waals surface area contributed by atoms with E-state index in [-0.39, 0.29) is 11.3 Å². The van der Waals surface area contributed by atoms with Crippen molar-refractivity contribution in [2.45, 2.75) is 6.92 Å². The predicted molar refractivity (Wildman–Crippen MR) is 63.6 cm³/mol. The topological polar surface area (TPSA) is 64.6 Å². The standard InChI is InChI=1S/C12H11F2N3O/c1-7-10(13)4-9(5-11(7)14)16-12-6-8(17-18)2-3-15-12/h2-6H,17H2,1H3,(H,15,16). The summed E-state index contributed by atoms with van der Waals surface area (Å²) in [7, 11) is 0. The second kappa shape index (κ2) is 5.07. The van der Waals surface area contributed by atoms with Gasteiger partial charge in [0.15, 0.2) is 0 Å². The molecule has 0 atom stereocenters. The first kappa shape index (κ1) is 12.4. The molecule has 2 rings (SSSR count). The van der Waals surface area contributed by atoms with Crippen LogP contribution in [-0.4, -0.2) is 4.98 Å². The number of rotatable bonds is 3. The summed E-state index contributed by atoms with van der Waals surface area (Å²) >= 11 is 0. The Hall–Kier alpha value is -2.05. The summed E-state index contributed by atoms with van der Waals surface area (Å²) in [5, 5.41) is 13.3. The van der Waals surface area contributed by atoms with Gasteiger partial charge in [0.25, 0.3) is 0 Å².